The van der Waals surface area contributed by atoms with Crippen molar-refractivity contribution < 1.29 is 27.8 Å². The first-order valence-electron chi connectivity index (χ1n) is 8.93. The van der Waals surface area contributed by atoms with Gasteiger partial charge in [-0.25, -0.2) is 0 Å². The standard InChI is InChI=1S/C17H16F3N5O5/c18-17(19,20)15-9-14(10-2-3-10)23(22-15)5-1-4-21-16(26)11-6-12(24(27)28)8-13(7-11)25(29)30/h6-10H,1-5H2,(H,21,26). The topological polar surface area (TPSA) is 133 Å². The van der Waals surface area contributed by atoms with E-state index in [1.165, 1.54) is 4.68 Å². The van der Waals surface area contributed by atoms with E-state index >= 15 is 0 Å². The number of nitrogens with zero attached hydrogens (tertiary/aromatic N) is 4. The Hall–Kier alpha value is -3.51. The number of nitro groups is 2. The summed E-state index contributed by atoms with van der Waals surface area (Å²) in [6, 6.07) is 3.61. The van der Waals surface area contributed by atoms with Gasteiger partial charge in [-0.05, 0) is 25.3 Å². The first kappa shape index (κ1) is 21.2. The van der Waals surface area contributed by atoms with Crippen LogP contribution in [0.25, 0.3) is 0 Å². The summed E-state index contributed by atoms with van der Waals surface area (Å²) < 4.78 is 40.0. The van der Waals surface area contributed by atoms with Gasteiger partial charge >= 0.3 is 6.18 Å². The molecular weight excluding hydrogens is 411 g/mol. The molecule has 2 aromatic rings. The molecule has 10 nitrogen and oxygen atoms in total. The predicted octanol–water partition coefficient (Wildman–Crippen LogP) is 3.42. The quantitative estimate of drug-likeness (QED) is 0.390. The van der Waals surface area contributed by atoms with Crippen molar-refractivity contribution in [3.8, 4) is 0 Å². The molecule has 160 valence electrons. The molecule has 0 saturated heterocycles. The molecule has 1 heterocycles. The third-order valence-corrected chi connectivity index (χ3v) is 4.52. The molecule has 0 atom stereocenters. The average molecular weight is 427 g/mol. The molecule has 0 unspecified atom stereocenters. The SMILES string of the molecule is O=C(NCCCn1nc(C(F)(F)F)cc1C1CC1)c1cc([N+](=O)[O-])cc([N+](=O)[O-])c1. The van der Waals surface area contributed by atoms with Gasteiger partial charge in [-0.15, -0.1) is 0 Å². The molecule has 0 bridgehead atoms. The normalized spacial score (nSPS) is 13.8. The first-order valence-corrected chi connectivity index (χ1v) is 8.93. The van der Waals surface area contributed by atoms with Gasteiger partial charge in [0.2, 0.25) is 0 Å². The Morgan fingerprint density at radius 2 is 1.73 bits per heavy atom. The van der Waals surface area contributed by atoms with Gasteiger partial charge in [-0.2, -0.15) is 18.3 Å². The van der Waals surface area contributed by atoms with Gasteiger partial charge < -0.3 is 5.32 Å². The number of carbonyl (C=O) groups is 1. The summed E-state index contributed by atoms with van der Waals surface area (Å²) in [7, 11) is 0. The molecule has 1 fully saturated rings. The zero-order valence-corrected chi connectivity index (χ0v) is 15.4. The van der Waals surface area contributed by atoms with Crippen LogP contribution in [-0.2, 0) is 12.7 Å². The zero-order chi connectivity index (χ0) is 22.1. The third-order valence-electron chi connectivity index (χ3n) is 4.52. The summed E-state index contributed by atoms with van der Waals surface area (Å²) in [4.78, 5) is 32.3. The number of nitrogens with one attached hydrogen (secondary N) is 1. The number of alkyl halides is 3. The van der Waals surface area contributed by atoms with Gasteiger partial charge in [0, 0.05) is 36.8 Å². The molecule has 1 aliphatic rings. The maximum Gasteiger partial charge on any atom is 0.435 e. The number of amides is 1. The van der Waals surface area contributed by atoms with E-state index in [9.17, 15) is 38.2 Å². The third kappa shape index (κ3) is 4.90. The second kappa shape index (κ2) is 8.08. The fourth-order valence-corrected chi connectivity index (χ4v) is 2.93. The fourth-order valence-electron chi connectivity index (χ4n) is 2.93. The average Bonchev–Trinajstić information content (AvgIpc) is 3.42. The highest BCUT2D eigenvalue weighted by Gasteiger charge is 2.37. The highest BCUT2D eigenvalue weighted by atomic mass is 19.4. The van der Waals surface area contributed by atoms with Crippen molar-refractivity contribution in [3.05, 3.63) is 61.4 Å². The Kier molecular flexibility index (Phi) is 5.71. The number of hydrogen-bond acceptors (Lipinski definition) is 6. The maximum absolute atomic E-state index is 12.9. The molecular formula is C17H16F3N5O5. The van der Waals surface area contributed by atoms with Gasteiger partial charge in [-0.3, -0.25) is 29.7 Å². The number of hydrogen-bond donors (Lipinski definition) is 1. The van der Waals surface area contributed by atoms with Gasteiger partial charge in [0.05, 0.1) is 21.5 Å². The van der Waals surface area contributed by atoms with E-state index in [1.807, 2.05) is 0 Å². The van der Waals surface area contributed by atoms with Crippen molar-refractivity contribution in [2.75, 3.05) is 6.54 Å². The lowest BCUT2D eigenvalue weighted by atomic mass is 10.1. The monoisotopic (exact) mass is 427 g/mol. The number of aryl methyl sites for hydroxylation is 1. The van der Waals surface area contributed by atoms with Crippen LogP contribution >= 0.6 is 0 Å². The molecule has 1 aromatic heterocycles. The maximum atomic E-state index is 12.9. The van der Waals surface area contributed by atoms with E-state index in [0.717, 1.165) is 37.1 Å². The summed E-state index contributed by atoms with van der Waals surface area (Å²) in [6.07, 6.45) is -2.70. The van der Waals surface area contributed by atoms with E-state index in [0.29, 0.717) is 5.69 Å². The van der Waals surface area contributed by atoms with E-state index in [2.05, 4.69) is 10.4 Å². The molecule has 1 N–H and O–H groups in total. The first-order chi connectivity index (χ1) is 14.1. The van der Waals surface area contributed by atoms with Gasteiger partial charge in [0.25, 0.3) is 17.3 Å². The number of non-ortho nitro benzene ring substituents is 2. The lowest BCUT2D eigenvalue weighted by molar-refractivity contribution is -0.394. The van der Waals surface area contributed by atoms with Crippen LogP contribution in [0.2, 0.25) is 0 Å². The van der Waals surface area contributed by atoms with Crippen molar-refractivity contribution in [1.82, 2.24) is 15.1 Å². The molecule has 0 aliphatic heterocycles. The molecule has 30 heavy (non-hydrogen) atoms. The van der Waals surface area contributed by atoms with Crippen LogP contribution in [0.15, 0.2) is 24.3 Å². The molecule has 0 radical (unpaired) electrons. The Morgan fingerprint density at radius 1 is 1.13 bits per heavy atom. The van der Waals surface area contributed by atoms with E-state index in [1.54, 1.807) is 0 Å². The van der Waals surface area contributed by atoms with E-state index in [4.69, 9.17) is 0 Å². The zero-order valence-electron chi connectivity index (χ0n) is 15.4. The second-order valence-corrected chi connectivity index (χ2v) is 6.81. The van der Waals surface area contributed by atoms with Crippen LogP contribution in [0.4, 0.5) is 24.5 Å². The van der Waals surface area contributed by atoms with E-state index < -0.39 is 39.0 Å². The van der Waals surface area contributed by atoms with Crippen LogP contribution in [0.3, 0.4) is 0 Å². The minimum atomic E-state index is -4.54. The number of halogens is 3. The minimum absolute atomic E-state index is 0.0423. The smallest absolute Gasteiger partial charge is 0.352 e. The largest absolute Gasteiger partial charge is 0.435 e. The van der Waals surface area contributed by atoms with Crippen molar-refractivity contribution in [2.24, 2.45) is 0 Å². The van der Waals surface area contributed by atoms with Gasteiger partial charge in [0.1, 0.15) is 0 Å². The Bertz CT molecular complexity index is 968. The van der Waals surface area contributed by atoms with Crippen molar-refractivity contribution in [2.45, 2.75) is 37.9 Å². The van der Waals surface area contributed by atoms with Crippen molar-refractivity contribution in [3.63, 3.8) is 0 Å². The predicted molar refractivity (Wildman–Crippen MR) is 95.9 cm³/mol. The molecule has 1 aliphatic carbocycles. The molecule has 13 heteroatoms. The fraction of sp³-hybridized carbons (Fsp3) is 0.412. The Balaban J connectivity index is 1.62. The second-order valence-electron chi connectivity index (χ2n) is 6.81. The lowest BCUT2D eigenvalue weighted by Crippen LogP contribution is -2.25. The molecule has 1 amide bonds. The lowest BCUT2D eigenvalue weighted by Gasteiger charge is -2.08. The summed E-state index contributed by atoms with van der Waals surface area (Å²) in [5.41, 5.74) is -1.91. The Labute approximate surface area is 167 Å². The summed E-state index contributed by atoms with van der Waals surface area (Å²) in [6.45, 7) is 0.178. The van der Waals surface area contributed by atoms with E-state index in [-0.39, 0.29) is 31.0 Å². The molecule has 0 spiro atoms. The Morgan fingerprint density at radius 3 is 2.23 bits per heavy atom. The summed E-state index contributed by atoms with van der Waals surface area (Å²) in [5.74, 6) is -0.714. The molecule has 1 saturated carbocycles. The van der Waals surface area contributed by atoms with Crippen LogP contribution in [0.1, 0.15) is 46.9 Å². The summed E-state index contributed by atoms with van der Waals surface area (Å²) >= 11 is 0. The van der Waals surface area contributed by atoms with Crippen LogP contribution < -0.4 is 5.32 Å². The molecule has 3 rings (SSSR count). The molecule has 1 aromatic carbocycles. The number of benzene rings is 1. The van der Waals surface area contributed by atoms with Crippen LogP contribution in [0, 0.1) is 20.2 Å². The van der Waals surface area contributed by atoms with Gasteiger partial charge in [0.15, 0.2) is 5.69 Å². The van der Waals surface area contributed by atoms with Crippen LogP contribution in [-0.4, -0.2) is 32.1 Å². The summed E-state index contributed by atoms with van der Waals surface area (Å²) in [5, 5.41) is 27.9. The minimum Gasteiger partial charge on any atom is -0.352 e. The highest BCUT2D eigenvalue weighted by molar-refractivity contribution is 5.95. The number of carbonyl (C=O) groups excluding carboxylic acids is 1. The van der Waals surface area contributed by atoms with Crippen molar-refractivity contribution in [1.29, 1.82) is 0 Å². The number of aromatic nitrogens is 2. The highest BCUT2D eigenvalue weighted by Crippen LogP contribution is 2.42. The number of nitro benzene ring substituents is 2. The van der Waals surface area contributed by atoms with Crippen molar-refractivity contribution >= 4 is 17.3 Å². The van der Waals surface area contributed by atoms with Crippen LogP contribution in [0.5, 0.6) is 0 Å². The van der Waals surface area contributed by atoms with Gasteiger partial charge in [-0.1, -0.05) is 0 Å². The number of rotatable bonds is 8.